The number of nitrogens with zero attached hydrogens (tertiary/aromatic N) is 2. The first-order valence-electron chi connectivity index (χ1n) is 7.56. The number of halogens is 1. The van der Waals surface area contributed by atoms with Crippen molar-refractivity contribution in [1.29, 1.82) is 0 Å². The quantitative estimate of drug-likeness (QED) is 0.757. The van der Waals surface area contributed by atoms with Crippen molar-refractivity contribution in [3.8, 4) is 5.88 Å². The second kappa shape index (κ2) is 9.02. The van der Waals surface area contributed by atoms with Crippen LogP contribution in [0, 0.1) is 0 Å². The first kappa shape index (κ1) is 17.9. The van der Waals surface area contributed by atoms with E-state index in [0.717, 1.165) is 12.8 Å². The minimum absolute atomic E-state index is 0.00979. The van der Waals surface area contributed by atoms with Crippen LogP contribution in [0.1, 0.15) is 23.2 Å². The Balaban J connectivity index is 2.06. The van der Waals surface area contributed by atoms with Crippen molar-refractivity contribution in [2.45, 2.75) is 18.9 Å². The molecule has 1 aromatic heterocycles. The van der Waals surface area contributed by atoms with E-state index in [1.807, 2.05) is 0 Å². The first-order chi connectivity index (χ1) is 11.2. The lowest BCUT2D eigenvalue weighted by molar-refractivity contribution is 0.0237. The number of hydrogen-bond acceptors (Lipinski definition) is 6. The number of aliphatic hydroxyl groups excluding tert-OH is 2. The number of hydrogen-bond donors (Lipinski definition) is 2. The minimum atomic E-state index is -0.347. The number of amides is 1. The molecule has 23 heavy (non-hydrogen) atoms. The molecule has 0 bridgehead atoms. The summed E-state index contributed by atoms with van der Waals surface area (Å²) in [5.41, 5.74) is 0.288. The second-order valence-electron chi connectivity index (χ2n) is 5.18. The standard InChI is InChI=1S/C15H21ClN2O5/c16-13-9-11(15(21)18(3-5-19)4-6-20)10-17-14(13)23-12-1-7-22-8-2-12/h9-10,12,19-20H,1-8H2. The zero-order valence-corrected chi connectivity index (χ0v) is 13.5. The van der Waals surface area contributed by atoms with Crippen LogP contribution in [0.2, 0.25) is 5.02 Å². The molecule has 1 aliphatic heterocycles. The Hall–Kier alpha value is -1.41. The summed E-state index contributed by atoms with van der Waals surface area (Å²) in [6, 6.07) is 1.49. The van der Waals surface area contributed by atoms with Gasteiger partial charge in [-0.05, 0) is 6.07 Å². The predicted octanol–water partition coefficient (Wildman–Crippen LogP) is 0.720. The van der Waals surface area contributed by atoms with Crippen LogP contribution in [-0.4, -0.2) is 71.6 Å². The van der Waals surface area contributed by atoms with Gasteiger partial charge in [-0.1, -0.05) is 11.6 Å². The lowest BCUT2D eigenvalue weighted by Gasteiger charge is -2.23. The first-order valence-corrected chi connectivity index (χ1v) is 7.94. The van der Waals surface area contributed by atoms with Crippen LogP contribution >= 0.6 is 11.6 Å². The third kappa shape index (κ3) is 5.04. The van der Waals surface area contributed by atoms with Gasteiger partial charge in [0.15, 0.2) is 0 Å². The summed E-state index contributed by atoms with van der Waals surface area (Å²) in [6.45, 7) is 1.20. The zero-order valence-electron chi connectivity index (χ0n) is 12.8. The molecule has 2 heterocycles. The molecular weight excluding hydrogens is 324 g/mol. The molecule has 1 aliphatic rings. The topological polar surface area (TPSA) is 92.1 Å². The molecule has 1 amide bonds. The van der Waals surface area contributed by atoms with Gasteiger partial charge in [-0.2, -0.15) is 0 Å². The minimum Gasteiger partial charge on any atom is -0.473 e. The fourth-order valence-electron chi connectivity index (χ4n) is 2.32. The molecule has 2 N–H and O–H groups in total. The molecule has 2 rings (SSSR count). The van der Waals surface area contributed by atoms with Gasteiger partial charge in [0.2, 0.25) is 5.88 Å². The number of aromatic nitrogens is 1. The monoisotopic (exact) mass is 344 g/mol. The molecule has 0 saturated carbocycles. The van der Waals surface area contributed by atoms with E-state index in [4.69, 9.17) is 31.3 Å². The molecule has 8 heteroatoms. The Morgan fingerprint density at radius 2 is 2.00 bits per heavy atom. The number of ether oxygens (including phenoxy) is 2. The normalized spacial score (nSPS) is 15.4. The fraction of sp³-hybridized carbons (Fsp3) is 0.600. The Morgan fingerprint density at radius 1 is 1.35 bits per heavy atom. The van der Waals surface area contributed by atoms with Gasteiger partial charge < -0.3 is 24.6 Å². The lowest BCUT2D eigenvalue weighted by atomic mass is 10.1. The highest BCUT2D eigenvalue weighted by molar-refractivity contribution is 6.32. The lowest BCUT2D eigenvalue weighted by Crippen LogP contribution is -2.36. The molecule has 128 valence electrons. The van der Waals surface area contributed by atoms with Crippen LogP contribution in [0.25, 0.3) is 0 Å². The van der Waals surface area contributed by atoms with E-state index in [2.05, 4.69) is 4.98 Å². The van der Waals surface area contributed by atoms with Crippen LogP contribution < -0.4 is 4.74 Å². The number of pyridine rings is 1. The van der Waals surface area contributed by atoms with Crippen LogP contribution in [-0.2, 0) is 4.74 Å². The molecule has 1 saturated heterocycles. The van der Waals surface area contributed by atoms with Crippen molar-refractivity contribution in [2.75, 3.05) is 39.5 Å². The summed E-state index contributed by atoms with van der Waals surface area (Å²) in [7, 11) is 0. The van der Waals surface area contributed by atoms with E-state index in [0.29, 0.717) is 19.1 Å². The van der Waals surface area contributed by atoms with E-state index in [1.165, 1.54) is 17.2 Å². The van der Waals surface area contributed by atoms with Gasteiger partial charge in [0.25, 0.3) is 5.91 Å². The van der Waals surface area contributed by atoms with Crippen molar-refractivity contribution >= 4 is 17.5 Å². The third-order valence-corrected chi connectivity index (χ3v) is 3.80. The predicted molar refractivity (Wildman–Crippen MR) is 83.8 cm³/mol. The van der Waals surface area contributed by atoms with Gasteiger partial charge in [-0.25, -0.2) is 4.98 Å². The molecular formula is C15H21ClN2O5. The molecule has 0 atom stereocenters. The van der Waals surface area contributed by atoms with Crippen molar-refractivity contribution in [1.82, 2.24) is 9.88 Å². The zero-order chi connectivity index (χ0) is 16.7. The van der Waals surface area contributed by atoms with Gasteiger partial charge in [0.05, 0.1) is 32.0 Å². The van der Waals surface area contributed by atoms with Crippen LogP contribution in [0.5, 0.6) is 5.88 Å². The second-order valence-corrected chi connectivity index (χ2v) is 5.59. The molecule has 1 fully saturated rings. The van der Waals surface area contributed by atoms with Gasteiger partial charge >= 0.3 is 0 Å². The highest BCUT2D eigenvalue weighted by Gasteiger charge is 2.20. The number of aliphatic hydroxyl groups is 2. The molecule has 0 aromatic carbocycles. The van der Waals surface area contributed by atoms with Crippen LogP contribution in [0.15, 0.2) is 12.3 Å². The third-order valence-electron chi connectivity index (χ3n) is 3.53. The van der Waals surface area contributed by atoms with E-state index >= 15 is 0 Å². The SMILES string of the molecule is O=C(c1cnc(OC2CCOCC2)c(Cl)c1)N(CCO)CCO. The summed E-state index contributed by atoms with van der Waals surface area (Å²) in [4.78, 5) is 17.8. The summed E-state index contributed by atoms with van der Waals surface area (Å²) in [5.74, 6) is -0.0499. The van der Waals surface area contributed by atoms with Crippen LogP contribution in [0.3, 0.4) is 0 Å². The summed E-state index contributed by atoms with van der Waals surface area (Å²) in [6.07, 6.45) is 2.96. The van der Waals surface area contributed by atoms with Gasteiger partial charge in [0, 0.05) is 32.1 Å². The molecule has 1 aromatic rings. The summed E-state index contributed by atoms with van der Waals surface area (Å²) in [5, 5.41) is 18.2. The summed E-state index contributed by atoms with van der Waals surface area (Å²) >= 11 is 6.16. The van der Waals surface area contributed by atoms with E-state index < -0.39 is 0 Å². The van der Waals surface area contributed by atoms with Crippen molar-refractivity contribution in [2.24, 2.45) is 0 Å². The van der Waals surface area contributed by atoms with Crippen molar-refractivity contribution in [3.05, 3.63) is 22.8 Å². The Morgan fingerprint density at radius 3 is 2.57 bits per heavy atom. The average molecular weight is 345 g/mol. The number of carbonyl (C=O) groups is 1. The molecule has 0 unspecified atom stereocenters. The molecule has 0 spiro atoms. The van der Waals surface area contributed by atoms with E-state index in [1.54, 1.807) is 0 Å². The maximum Gasteiger partial charge on any atom is 0.255 e. The Bertz CT molecular complexity index is 517. The highest BCUT2D eigenvalue weighted by atomic mass is 35.5. The smallest absolute Gasteiger partial charge is 0.255 e. The van der Waals surface area contributed by atoms with Gasteiger partial charge in [-0.3, -0.25) is 4.79 Å². The van der Waals surface area contributed by atoms with Gasteiger partial charge in [-0.15, -0.1) is 0 Å². The molecule has 0 radical (unpaired) electrons. The van der Waals surface area contributed by atoms with E-state index in [9.17, 15) is 4.79 Å². The Kier molecular flexibility index (Phi) is 7.04. The van der Waals surface area contributed by atoms with Crippen molar-refractivity contribution < 1.29 is 24.5 Å². The van der Waals surface area contributed by atoms with Crippen molar-refractivity contribution in [3.63, 3.8) is 0 Å². The highest BCUT2D eigenvalue weighted by Crippen LogP contribution is 2.26. The molecule has 7 nitrogen and oxygen atoms in total. The average Bonchev–Trinajstić information content (AvgIpc) is 2.57. The number of rotatable bonds is 7. The fourth-order valence-corrected chi connectivity index (χ4v) is 2.53. The van der Waals surface area contributed by atoms with E-state index in [-0.39, 0.29) is 48.9 Å². The maximum atomic E-state index is 12.3. The maximum absolute atomic E-state index is 12.3. The van der Waals surface area contributed by atoms with Crippen LogP contribution in [0.4, 0.5) is 0 Å². The summed E-state index contributed by atoms with van der Waals surface area (Å²) < 4.78 is 11.0. The number of carbonyl (C=O) groups excluding carboxylic acids is 1. The largest absolute Gasteiger partial charge is 0.473 e. The Labute approximate surface area is 139 Å². The van der Waals surface area contributed by atoms with Gasteiger partial charge in [0.1, 0.15) is 11.1 Å². The molecule has 0 aliphatic carbocycles.